The summed E-state index contributed by atoms with van der Waals surface area (Å²) in [4.78, 5) is 15.5. The lowest BCUT2D eigenvalue weighted by Gasteiger charge is -2.05. The Labute approximate surface area is 72.6 Å². The van der Waals surface area contributed by atoms with E-state index in [9.17, 15) is 4.79 Å². The third-order valence-electron chi connectivity index (χ3n) is 1.83. The Morgan fingerprint density at radius 3 is 2.67 bits per heavy atom. The Morgan fingerprint density at radius 1 is 1.50 bits per heavy atom. The molecule has 2 nitrogen and oxygen atoms in total. The van der Waals surface area contributed by atoms with E-state index in [1.165, 1.54) is 0 Å². The predicted octanol–water partition coefficient (Wildman–Crippen LogP) is 2.23. The summed E-state index contributed by atoms with van der Waals surface area (Å²) in [6.07, 6.45) is 3.34. The van der Waals surface area contributed by atoms with Gasteiger partial charge in [-0.3, -0.25) is 9.78 Å². The van der Waals surface area contributed by atoms with E-state index in [0.29, 0.717) is 0 Å². The average Bonchev–Trinajstić information content (AvgIpc) is 2.04. The smallest absolute Gasteiger partial charge is 0.167 e. The van der Waals surface area contributed by atoms with Crippen molar-refractivity contribution in [3.63, 3.8) is 0 Å². The van der Waals surface area contributed by atoms with Crippen LogP contribution in [0, 0.1) is 12.8 Å². The summed E-state index contributed by atoms with van der Waals surface area (Å²) in [5.41, 5.74) is 1.75. The number of aromatic nitrogens is 1. The summed E-state index contributed by atoms with van der Waals surface area (Å²) >= 11 is 0. The van der Waals surface area contributed by atoms with Crippen LogP contribution in [0.25, 0.3) is 0 Å². The molecule has 64 valence electrons. The zero-order chi connectivity index (χ0) is 9.14. The molecule has 12 heavy (non-hydrogen) atoms. The van der Waals surface area contributed by atoms with Gasteiger partial charge in [-0.2, -0.15) is 0 Å². The first-order chi connectivity index (χ1) is 5.63. The minimum Gasteiger partial charge on any atom is -0.294 e. The molecule has 1 heterocycles. The minimum absolute atomic E-state index is 0.0490. The van der Waals surface area contributed by atoms with Gasteiger partial charge in [0, 0.05) is 23.9 Å². The van der Waals surface area contributed by atoms with Crippen molar-refractivity contribution in [3.8, 4) is 0 Å². The zero-order valence-corrected chi connectivity index (χ0v) is 7.66. The largest absolute Gasteiger partial charge is 0.294 e. The molecule has 0 radical (unpaired) electrons. The lowest BCUT2D eigenvalue weighted by molar-refractivity contribution is 0.0938. The number of pyridine rings is 1. The number of carbonyl (C=O) groups is 1. The van der Waals surface area contributed by atoms with Crippen molar-refractivity contribution < 1.29 is 4.79 Å². The maximum atomic E-state index is 11.5. The van der Waals surface area contributed by atoms with Crippen LogP contribution in [0.5, 0.6) is 0 Å². The molecule has 1 aromatic rings. The molecular weight excluding hydrogens is 150 g/mol. The second-order valence-electron chi connectivity index (χ2n) is 3.21. The molecule has 0 aromatic carbocycles. The Morgan fingerprint density at radius 2 is 2.17 bits per heavy atom. The second-order valence-corrected chi connectivity index (χ2v) is 3.21. The van der Waals surface area contributed by atoms with Gasteiger partial charge in [-0.15, -0.1) is 0 Å². The van der Waals surface area contributed by atoms with Crippen molar-refractivity contribution in [2.75, 3.05) is 0 Å². The van der Waals surface area contributed by atoms with E-state index in [-0.39, 0.29) is 11.7 Å². The summed E-state index contributed by atoms with van der Waals surface area (Å²) in [5, 5.41) is 0. The van der Waals surface area contributed by atoms with Crippen LogP contribution in [0.1, 0.15) is 29.8 Å². The Balaban J connectivity index is 3.03. The van der Waals surface area contributed by atoms with Crippen LogP contribution in [0.4, 0.5) is 0 Å². The highest BCUT2D eigenvalue weighted by Gasteiger charge is 2.11. The first-order valence-electron chi connectivity index (χ1n) is 4.07. The van der Waals surface area contributed by atoms with Gasteiger partial charge in [0.05, 0.1) is 0 Å². The zero-order valence-electron chi connectivity index (χ0n) is 7.66. The van der Waals surface area contributed by atoms with E-state index < -0.39 is 0 Å². The van der Waals surface area contributed by atoms with E-state index in [1.54, 1.807) is 12.4 Å². The highest BCUT2D eigenvalue weighted by molar-refractivity contribution is 5.98. The van der Waals surface area contributed by atoms with Crippen molar-refractivity contribution in [1.82, 2.24) is 4.98 Å². The van der Waals surface area contributed by atoms with Gasteiger partial charge >= 0.3 is 0 Å². The third-order valence-corrected chi connectivity index (χ3v) is 1.83. The number of rotatable bonds is 2. The Bertz CT molecular complexity index is 292. The number of aryl methyl sites for hydroxylation is 1. The number of nitrogens with zero attached hydrogens (tertiary/aromatic N) is 1. The molecule has 0 saturated carbocycles. The fraction of sp³-hybridized carbons (Fsp3) is 0.400. The van der Waals surface area contributed by atoms with Crippen LogP contribution in [-0.4, -0.2) is 10.8 Å². The highest BCUT2D eigenvalue weighted by Crippen LogP contribution is 2.10. The van der Waals surface area contributed by atoms with E-state index in [4.69, 9.17) is 0 Å². The number of ketones is 1. The van der Waals surface area contributed by atoms with Gasteiger partial charge in [-0.25, -0.2) is 0 Å². The van der Waals surface area contributed by atoms with Crippen LogP contribution in [0.3, 0.4) is 0 Å². The minimum atomic E-state index is 0.0490. The monoisotopic (exact) mass is 163 g/mol. The lowest BCUT2D eigenvalue weighted by atomic mass is 9.99. The van der Waals surface area contributed by atoms with E-state index in [0.717, 1.165) is 11.1 Å². The van der Waals surface area contributed by atoms with Crippen LogP contribution < -0.4 is 0 Å². The van der Waals surface area contributed by atoms with Gasteiger partial charge in [-0.05, 0) is 18.6 Å². The molecule has 2 heteroatoms. The van der Waals surface area contributed by atoms with Crippen LogP contribution >= 0.6 is 0 Å². The SMILES string of the molecule is Cc1ccncc1C(=O)C(C)C. The van der Waals surface area contributed by atoms with Crippen molar-refractivity contribution in [2.45, 2.75) is 20.8 Å². The summed E-state index contributed by atoms with van der Waals surface area (Å²) in [6, 6.07) is 1.86. The summed E-state index contributed by atoms with van der Waals surface area (Å²) < 4.78 is 0. The van der Waals surface area contributed by atoms with Crippen molar-refractivity contribution >= 4 is 5.78 Å². The lowest BCUT2D eigenvalue weighted by Crippen LogP contribution is -2.09. The molecule has 0 N–H and O–H groups in total. The van der Waals surface area contributed by atoms with Gasteiger partial charge in [0.25, 0.3) is 0 Å². The second kappa shape index (κ2) is 3.48. The fourth-order valence-electron chi connectivity index (χ4n) is 1.03. The molecular formula is C10H13NO. The van der Waals surface area contributed by atoms with Gasteiger partial charge in [0.15, 0.2) is 5.78 Å². The van der Waals surface area contributed by atoms with Gasteiger partial charge in [0.2, 0.25) is 0 Å². The molecule has 0 atom stereocenters. The number of hydrogen-bond acceptors (Lipinski definition) is 2. The van der Waals surface area contributed by atoms with Gasteiger partial charge < -0.3 is 0 Å². The van der Waals surface area contributed by atoms with Crippen LogP contribution in [0.15, 0.2) is 18.5 Å². The highest BCUT2D eigenvalue weighted by atomic mass is 16.1. The van der Waals surface area contributed by atoms with Crippen molar-refractivity contribution in [1.29, 1.82) is 0 Å². The standard InChI is InChI=1S/C10H13NO/c1-7(2)10(12)9-6-11-5-4-8(9)3/h4-7H,1-3H3. The van der Waals surface area contributed by atoms with Crippen LogP contribution in [0.2, 0.25) is 0 Å². The third kappa shape index (κ3) is 1.70. The summed E-state index contributed by atoms with van der Waals surface area (Å²) in [6.45, 7) is 5.72. The summed E-state index contributed by atoms with van der Waals surface area (Å²) in [5.74, 6) is 0.216. The maximum Gasteiger partial charge on any atom is 0.167 e. The van der Waals surface area contributed by atoms with Crippen molar-refractivity contribution in [3.05, 3.63) is 29.6 Å². The molecule has 0 aliphatic heterocycles. The summed E-state index contributed by atoms with van der Waals surface area (Å²) in [7, 11) is 0. The molecule has 0 aliphatic rings. The predicted molar refractivity (Wildman–Crippen MR) is 48.1 cm³/mol. The van der Waals surface area contributed by atoms with E-state index in [1.807, 2.05) is 26.8 Å². The molecule has 0 bridgehead atoms. The maximum absolute atomic E-state index is 11.5. The molecule has 1 aromatic heterocycles. The molecule has 0 aliphatic carbocycles. The Kier molecular flexibility index (Phi) is 2.58. The van der Waals surface area contributed by atoms with E-state index >= 15 is 0 Å². The number of Topliss-reactive ketones (excluding diaryl/α,β-unsaturated/α-hetero) is 1. The number of carbonyl (C=O) groups excluding carboxylic acids is 1. The van der Waals surface area contributed by atoms with Crippen LogP contribution in [-0.2, 0) is 0 Å². The average molecular weight is 163 g/mol. The normalized spacial score (nSPS) is 10.3. The molecule has 0 unspecified atom stereocenters. The molecule has 0 amide bonds. The number of hydrogen-bond donors (Lipinski definition) is 0. The molecule has 1 rings (SSSR count). The molecule has 0 fully saturated rings. The van der Waals surface area contributed by atoms with Gasteiger partial charge in [0.1, 0.15) is 0 Å². The van der Waals surface area contributed by atoms with Gasteiger partial charge in [-0.1, -0.05) is 13.8 Å². The fourth-order valence-corrected chi connectivity index (χ4v) is 1.03. The molecule has 0 saturated heterocycles. The first-order valence-corrected chi connectivity index (χ1v) is 4.07. The van der Waals surface area contributed by atoms with Crippen molar-refractivity contribution in [2.24, 2.45) is 5.92 Å². The topological polar surface area (TPSA) is 30.0 Å². The quantitative estimate of drug-likeness (QED) is 0.626. The Hall–Kier alpha value is -1.18. The molecule has 0 spiro atoms. The van der Waals surface area contributed by atoms with E-state index in [2.05, 4.69) is 4.98 Å². The first kappa shape index (κ1) is 8.91.